The highest BCUT2D eigenvalue weighted by Crippen LogP contribution is 2.21. The average Bonchev–Trinajstić information content (AvgIpc) is 2.97. The van der Waals surface area contributed by atoms with Crippen LogP contribution in [0.2, 0.25) is 0 Å². The maximum absolute atomic E-state index is 13.1. The number of ether oxygens (including phenoxy) is 1. The van der Waals surface area contributed by atoms with Crippen LogP contribution in [0.3, 0.4) is 0 Å². The van der Waals surface area contributed by atoms with Gasteiger partial charge in [0.25, 0.3) is 5.91 Å². The van der Waals surface area contributed by atoms with Gasteiger partial charge in [0.1, 0.15) is 12.2 Å². The van der Waals surface area contributed by atoms with E-state index in [4.69, 9.17) is 4.74 Å². The van der Waals surface area contributed by atoms with Crippen molar-refractivity contribution in [1.29, 1.82) is 0 Å². The number of benzene rings is 1. The number of aromatic nitrogens is 1. The lowest BCUT2D eigenvalue weighted by atomic mass is 10.1. The Morgan fingerprint density at radius 2 is 1.79 bits per heavy atom. The molecule has 29 heavy (non-hydrogen) atoms. The van der Waals surface area contributed by atoms with Crippen LogP contribution in [0.15, 0.2) is 24.3 Å². The van der Waals surface area contributed by atoms with Gasteiger partial charge in [-0.1, -0.05) is 25.1 Å². The summed E-state index contributed by atoms with van der Waals surface area (Å²) in [5.74, 6) is -1.05. The fourth-order valence-corrected chi connectivity index (χ4v) is 3.23. The van der Waals surface area contributed by atoms with Gasteiger partial charge in [-0.2, -0.15) is 0 Å². The average molecular weight is 399 g/mol. The fourth-order valence-electron chi connectivity index (χ4n) is 3.23. The molecular formula is C22H29N3O4. The molecule has 2 aromatic rings. The number of H-pyrrole nitrogens is 1. The van der Waals surface area contributed by atoms with Crippen LogP contribution in [0.4, 0.5) is 5.69 Å². The van der Waals surface area contributed by atoms with E-state index in [0.29, 0.717) is 35.5 Å². The van der Waals surface area contributed by atoms with Crippen LogP contribution in [-0.4, -0.2) is 47.4 Å². The van der Waals surface area contributed by atoms with Crippen molar-refractivity contribution in [2.75, 3.05) is 25.0 Å². The van der Waals surface area contributed by atoms with Crippen molar-refractivity contribution in [2.45, 2.75) is 41.0 Å². The molecule has 0 atom stereocenters. The summed E-state index contributed by atoms with van der Waals surface area (Å²) in [5, 5.41) is 2.85. The van der Waals surface area contributed by atoms with E-state index >= 15 is 0 Å². The number of rotatable bonds is 8. The first-order chi connectivity index (χ1) is 13.8. The zero-order chi connectivity index (χ0) is 21.6. The summed E-state index contributed by atoms with van der Waals surface area (Å²) in [6.07, 6.45) is 0.701. The van der Waals surface area contributed by atoms with Crippen LogP contribution in [-0.2, 0) is 9.53 Å². The molecule has 0 fully saturated rings. The lowest BCUT2D eigenvalue weighted by Gasteiger charge is -2.22. The normalized spacial score (nSPS) is 10.5. The number of hydrogen-bond donors (Lipinski definition) is 2. The first-order valence-corrected chi connectivity index (χ1v) is 9.81. The summed E-state index contributed by atoms with van der Waals surface area (Å²) in [4.78, 5) is 42.4. The Labute approximate surface area is 171 Å². The Hall–Kier alpha value is -3.09. The van der Waals surface area contributed by atoms with Crippen molar-refractivity contribution in [3.8, 4) is 0 Å². The SMILES string of the molecule is CCCN(CC(=O)Nc1ccccc1C)C(=O)c1[nH]c(C)c(C(=O)OCC)c1C. The van der Waals surface area contributed by atoms with Crippen LogP contribution >= 0.6 is 0 Å². The number of nitrogens with zero attached hydrogens (tertiary/aromatic N) is 1. The van der Waals surface area contributed by atoms with Gasteiger partial charge in [0, 0.05) is 17.9 Å². The summed E-state index contributed by atoms with van der Waals surface area (Å²) in [6.45, 7) is 9.62. The maximum Gasteiger partial charge on any atom is 0.340 e. The van der Waals surface area contributed by atoms with Gasteiger partial charge in [-0.15, -0.1) is 0 Å². The monoisotopic (exact) mass is 399 g/mol. The van der Waals surface area contributed by atoms with E-state index in [9.17, 15) is 14.4 Å². The third-order valence-corrected chi connectivity index (χ3v) is 4.67. The minimum absolute atomic E-state index is 0.0761. The molecule has 0 aliphatic heterocycles. The van der Waals surface area contributed by atoms with Gasteiger partial charge in [-0.05, 0) is 51.3 Å². The summed E-state index contributed by atoms with van der Waals surface area (Å²) in [6, 6.07) is 7.48. The largest absolute Gasteiger partial charge is 0.462 e. The van der Waals surface area contributed by atoms with Crippen molar-refractivity contribution >= 4 is 23.5 Å². The Morgan fingerprint density at radius 1 is 1.10 bits per heavy atom. The summed E-state index contributed by atoms with van der Waals surface area (Å²) < 4.78 is 5.08. The molecule has 0 aliphatic carbocycles. The number of esters is 1. The summed E-state index contributed by atoms with van der Waals surface area (Å²) >= 11 is 0. The number of carbonyl (C=O) groups excluding carboxylic acids is 3. The second kappa shape index (κ2) is 9.91. The van der Waals surface area contributed by atoms with Crippen molar-refractivity contribution < 1.29 is 19.1 Å². The number of aryl methyl sites for hydroxylation is 2. The number of nitrogens with one attached hydrogen (secondary N) is 2. The highest BCUT2D eigenvalue weighted by atomic mass is 16.5. The van der Waals surface area contributed by atoms with Crippen LogP contribution in [0.5, 0.6) is 0 Å². The van der Waals surface area contributed by atoms with E-state index in [1.165, 1.54) is 4.90 Å². The van der Waals surface area contributed by atoms with E-state index in [-0.39, 0.29) is 25.0 Å². The van der Waals surface area contributed by atoms with Gasteiger partial charge in [0.15, 0.2) is 0 Å². The highest BCUT2D eigenvalue weighted by Gasteiger charge is 2.26. The predicted octanol–water partition coefficient (Wildman–Crippen LogP) is 3.61. The molecule has 2 rings (SSSR count). The molecule has 0 unspecified atom stereocenters. The predicted molar refractivity (Wildman–Crippen MR) is 112 cm³/mol. The minimum Gasteiger partial charge on any atom is -0.462 e. The third-order valence-electron chi connectivity index (χ3n) is 4.67. The second-order valence-electron chi connectivity index (χ2n) is 6.94. The molecule has 7 heteroatoms. The van der Waals surface area contributed by atoms with Crippen molar-refractivity contribution in [3.63, 3.8) is 0 Å². The molecule has 0 radical (unpaired) electrons. The summed E-state index contributed by atoms with van der Waals surface area (Å²) in [5.41, 5.74) is 3.46. The Bertz CT molecular complexity index is 901. The van der Waals surface area contributed by atoms with Gasteiger partial charge >= 0.3 is 5.97 Å². The topological polar surface area (TPSA) is 91.5 Å². The minimum atomic E-state index is -0.461. The zero-order valence-electron chi connectivity index (χ0n) is 17.7. The lowest BCUT2D eigenvalue weighted by molar-refractivity contribution is -0.116. The number of hydrogen-bond acceptors (Lipinski definition) is 4. The number of anilines is 1. The van der Waals surface area contributed by atoms with Crippen molar-refractivity contribution in [2.24, 2.45) is 0 Å². The van der Waals surface area contributed by atoms with Crippen LogP contribution in [0.25, 0.3) is 0 Å². The Balaban J connectivity index is 2.21. The van der Waals surface area contributed by atoms with Gasteiger partial charge in [0.05, 0.1) is 12.2 Å². The number of amides is 2. The number of carbonyl (C=O) groups is 3. The first kappa shape index (κ1) is 22.2. The smallest absolute Gasteiger partial charge is 0.340 e. The van der Waals surface area contributed by atoms with Crippen LogP contribution < -0.4 is 5.32 Å². The molecular weight excluding hydrogens is 370 g/mol. The second-order valence-corrected chi connectivity index (χ2v) is 6.94. The van der Waals surface area contributed by atoms with Gasteiger partial charge in [-0.25, -0.2) is 4.79 Å². The maximum atomic E-state index is 13.1. The Morgan fingerprint density at radius 3 is 2.41 bits per heavy atom. The van der Waals surface area contributed by atoms with E-state index in [2.05, 4.69) is 10.3 Å². The van der Waals surface area contributed by atoms with E-state index < -0.39 is 5.97 Å². The van der Waals surface area contributed by atoms with Gasteiger partial charge < -0.3 is 19.9 Å². The summed E-state index contributed by atoms with van der Waals surface area (Å²) in [7, 11) is 0. The van der Waals surface area contributed by atoms with Gasteiger partial charge in [-0.3, -0.25) is 9.59 Å². The molecule has 7 nitrogen and oxygen atoms in total. The zero-order valence-corrected chi connectivity index (χ0v) is 17.7. The highest BCUT2D eigenvalue weighted by molar-refractivity contribution is 6.02. The standard InChI is InChI=1S/C22H29N3O4/c1-6-12-25(13-18(26)24-17-11-9-8-10-14(17)3)21(27)20-15(4)19(16(5)23-20)22(28)29-7-2/h8-11,23H,6-7,12-13H2,1-5H3,(H,24,26). The molecule has 1 heterocycles. The van der Waals surface area contributed by atoms with Crippen molar-refractivity contribution in [1.82, 2.24) is 9.88 Å². The lowest BCUT2D eigenvalue weighted by Crippen LogP contribution is -2.39. The molecule has 1 aromatic heterocycles. The molecule has 0 saturated carbocycles. The van der Waals surface area contributed by atoms with Crippen LogP contribution in [0.1, 0.15) is 57.9 Å². The van der Waals surface area contributed by atoms with Crippen molar-refractivity contribution in [3.05, 3.63) is 52.3 Å². The first-order valence-electron chi connectivity index (χ1n) is 9.81. The molecule has 156 valence electrons. The quantitative estimate of drug-likeness (QED) is 0.664. The molecule has 0 aliphatic rings. The molecule has 0 bridgehead atoms. The number of para-hydroxylation sites is 1. The van der Waals surface area contributed by atoms with E-state index in [1.807, 2.05) is 38.1 Å². The fraction of sp³-hybridized carbons (Fsp3) is 0.409. The molecule has 2 N–H and O–H groups in total. The Kier molecular flexibility index (Phi) is 7.59. The van der Waals surface area contributed by atoms with E-state index in [0.717, 1.165) is 11.3 Å². The van der Waals surface area contributed by atoms with Gasteiger partial charge in [0.2, 0.25) is 5.91 Å². The van der Waals surface area contributed by atoms with E-state index in [1.54, 1.807) is 20.8 Å². The third kappa shape index (κ3) is 5.25. The van der Waals surface area contributed by atoms with Crippen LogP contribution in [0, 0.1) is 20.8 Å². The molecule has 2 amide bonds. The molecule has 1 aromatic carbocycles. The number of aromatic amines is 1. The molecule has 0 spiro atoms. The molecule has 0 saturated heterocycles.